The Morgan fingerprint density at radius 2 is 2.30 bits per heavy atom. The van der Waals surface area contributed by atoms with E-state index in [1.54, 1.807) is 6.33 Å². The van der Waals surface area contributed by atoms with Crippen molar-refractivity contribution in [2.45, 2.75) is 38.4 Å². The zero-order chi connectivity index (χ0) is 18.6. The first-order chi connectivity index (χ1) is 13.1. The molecular weight excluding hydrogens is 342 g/mol. The van der Waals surface area contributed by atoms with Gasteiger partial charge in [-0.25, -0.2) is 9.97 Å². The Kier molecular flexibility index (Phi) is 3.75. The van der Waals surface area contributed by atoms with Crippen molar-refractivity contribution >= 4 is 11.7 Å². The van der Waals surface area contributed by atoms with Gasteiger partial charge in [-0.2, -0.15) is 0 Å². The first-order valence-corrected chi connectivity index (χ1v) is 9.69. The van der Waals surface area contributed by atoms with Gasteiger partial charge in [0.05, 0.1) is 18.0 Å². The summed E-state index contributed by atoms with van der Waals surface area (Å²) in [5, 5.41) is 3.09. The zero-order valence-corrected chi connectivity index (χ0v) is 15.7. The molecule has 1 amide bonds. The number of aromatic amines is 1. The van der Waals surface area contributed by atoms with Crippen molar-refractivity contribution in [2.24, 2.45) is 11.8 Å². The van der Waals surface area contributed by atoms with Gasteiger partial charge < -0.3 is 19.9 Å². The Balaban J connectivity index is 1.30. The fraction of sp³-hybridized carbons (Fsp3) is 0.550. The minimum Gasteiger partial charge on any atom is -0.369 e. The van der Waals surface area contributed by atoms with Gasteiger partial charge in [-0.3, -0.25) is 4.79 Å². The largest absolute Gasteiger partial charge is 0.369 e. The molecule has 7 heteroatoms. The quantitative estimate of drug-likeness (QED) is 0.862. The van der Waals surface area contributed by atoms with Gasteiger partial charge in [0.15, 0.2) is 0 Å². The van der Waals surface area contributed by atoms with E-state index < -0.39 is 0 Å². The summed E-state index contributed by atoms with van der Waals surface area (Å²) in [7, 11) is 0. The van der Waals surface area contributed by atoms with E-state index >= 15 is 0 Å². The van der Waals surface area contributed by atoms with Crippen LogP contribution in [0.4, 0.5) is 5.82 Å². The second-order valence-corrected chi connectivity index (χ2v) is 8.19. The highest BCUT2D eigenvalue weighted by molar-refractivity contribution is 5.93. The summed E-state index contributed by atoms with van der Waals surface area (Å²) in [6, 6.07) is 4.20. The van der Waals surface area contributed by atoms with E-state index in [0.29, 0.717) is 24.1 Å². The van der Waals surface area contributed by atoms with E-state index in [4.69, 9.17) is 4.74 Å². The smallest absolute Gasteiger partial charge is 0.271 e. The molecule has 1 spiro atoms. The van der Waals surface area contributed by atoms with Crippen molar-refractivity contribution in [3.63, 3.8) is 0 Å². The molecule has 142 valence electrons. The molecular formula is C20H25N5O2. The summed E-state index contributed by atoms with van der Waals surface area (Å²) in [5.41, 5.74) is 2.37. The number of hydrogen-bond acceptors (Lipinski definition) is 5. The molecule has 5 rings (SSSR count). The highest BCUT2D eigenvalue weighted by atomic mass is 16.5. The summed E-state index contributed by atoms with van der Waals surface area (Å²) in [4.78, 5) is 26.5. The fourth-order valence-electron chi connectivity index (χ4n) is 5.17. The summed E-state index contributed by atoms with van der Waals surface area (Å²) in [5.74, 6) is 1.68. The molecule has 3 saturated heterocycles. The number of carbonyl (C=O) groups excluding carboxylic acids is 1. The lowest BCUT2D eigenvalue weighted by Crippen LogP contribution is -2.42. The van der Waals surface area contributed by atoms with Crippen LogP contribution in [0.3, 0.4) is 0 Å². The van der Waals surface area contributed by atoms with Crippen molar-refractivity contribution in [3.8, 4) is 0 Å². The Morgan fingerprint density at radius 1 is 1.41 bits per heavy atom. The zero-order valence-electron chi connectivity index (χ0n) is 15.7. The molecule has 27 heavy (non-hydrogen) atoms. The Hall–Kier alpha value is -2.41. The molecule has 7 nitrogen and oxygen atoms in total. The van der Waals surface area contributed by atoms with Gasteiger partial charge >= 0.3 is 0 Å². The fourth-order valence-corrected chi connectivity index (χ4v) is 5.17. The van der Waals surface area contributed by atoms with Gasteiger partial charge in [0.2, 0.25) is 0 Å². The lowest BCUT2D eigenvalue weighted by Gasteiger charge is -2.29. The average Bonchev–Trinajstić information content (AvgIpc) is 3.40. The number of nitrogens with one attached hydrogen (secondary N) is 2. The molecule has 3 fully saturated rings. The molecule has 2 aromatic rings. The maximum atomic E-state index is 12.4. The molecule has 0 aromatic carbocycles. The van der Waals surface area contributed by atoms with Crippen molar-refractivity contribution in [1.29, 1.82) is 0 Å². The third-order valence-electron chi connectivity index (χ3n) is 6.55. The number of carbonyl (C=O) groups is 1. The van der Waals surface area contributed by atoms with Crippen LogP contribution in [0.15, 0.2) is 24.7 Å². The summed E-state index contributed by atoms with van der Waals surface area (Å²) < 4.78 is 6.48. The molecule has 2 bridgehead atoms. The molecule has 0 saturated carbocycles. The highest BCUT2D eigenvalue weighted by Crippen LogP contribution is 2.55. The van der Waals surface area contributed by atoms with Crippen molar-refractivity contribution in [2.75, 3.05) is 24.5 Å². The first-order valence-electron chi connectivity index (χ1n) is 9.69. The van der Waals surface area contributed by atoms with Crippen LogP contribution in [0.1, 0.15) is 34.6 Å². The summed E-state index contributed by atoms with van der Waals surface area (Å²) in [6.45, 7) is 6.39. The predicted molar refractivity (Wildman–Crippen MR) is 101 cm³/mol. The topological polar surface area (TPSA) is 83.1 Å². The maximum absolute atomic E-state index is 12.4. The average molecular weight is 367 g/mol. The van der Waals surface area contributed by atoms with E-state index in [9.17, 15) is 4.79 Å². The number of ether oxygens (including phenoxy) is 1. The summed E-state index contributed by atoms with van der Waals surface area (Å²) in [6.07, 6.45) is 5.91. The van der Waals surface area contributed by atoms with Gasteiger partial charge in [0, 0.05) is 43.4 Å². The number of nitrogens with zero attached hydrogens (tertiary/aromatic N) is 3. The second kappa shape index (κ2) is 6.05. The van der Waals surface area contributed by atoms with Crippen LogP contribution in [0.25, 0.3) is 0 Å². The van der Waals surface area contributed by atoms with Crippen LogP contribution in [-0.2, 0) is 4.74 Å². The summed E-state index contributed by atoms with van der Waals surface area (Å²) >= 11 is 0. The SMILES string of the molecule is Cc1ccc(N2C[C@@H]3[C@H](CNC(=O)c4nc[nH]c4C)[C@H]4CC[C@]3(C2)O4)nc1. The van der Waals surface area contributed by atoms with Gasteiger partial charge in [-0.05, 0) is 38.3 Å². The molecule has 4 atom stereocenters. The third kappa shape index (κ3) is 2.64. The van der Waals surface area contributed by atoms with E-state index in [1.807, 2.05) is 13.1 Å². The Morgan fingerprint density at radius 3 is 3.04 bits per heavy atom. The molecule has 0 radical (unpaired) electrons. The van der Waals surface area contributed by atoms with Gasteiger partial charge in [0.25, 0.3) is 5.91 Å². The Bertz CT molecular complexity index is 864. The molecule has 2 aromatic heterocycles. The number of anilines is 1. The van der Waals surface area contributed by atoms with Crippen LogP contribution in [-0.4, -0.2) is 52.2 Å². The van der Waals surface area contributed by atoms with Crippen LogP contribution in [0, 0.1) is 25.7 Å². The second-order valence-electron chi connectivity index (χ2n) is 8.19. The van der Waals surface area contributed by atoms with Crippen LogP contribution >= 0.6 is 0 Å². The van der Waals surface area contributed by atoms with E-state index in [0.717, 1.165) is 37.4 Å². The lowest BCUT2D eigenvalue weighted by molar-refractivity contribution is 0.0141. The van der Waals surface area contributed by atoms with Crippen LogP contribution < -0.4 is 10.2 Å². The first kappa shape index (κ1) is 16.7. The van der Waals surface area contributed by atoms with Crippen molar-refractivity contribution in [1.82, 2.24) is 20.3 Å². The minimum atomic E-state index is -0.111. The molecule has 3 aliphatic rings. The normalized spacial score (nSPS) is 31.3. The van der Waals surface area contributed by atoms with Gasteiger partial charge in [-0.1, -0.05) is 6.07 Å². The van der Waals surface area contributed by atoms with Gasteiger partial charge in [-0.15, -0.1) is 0 Å². The van der Waals surface area contributed by atoms with Crippen LogP contribution in [0.2, 0.25) is 0 Å². The number of pyridine rings is 1. The van der Waals surface area contributed by atoms with E-state index in [2.05, 4.69) is 44.2 Å². The molecule has 0 aliphatic carbocycles. The standard InChI is InChI=1S/C20H25N5O2/c1-12-3-4-17(21-7-12)25-9-15-14(16-5-6-20(15,10-25)27-16)8-22-19(26)18-13(2)23-11-24-18/h3-4,7,11,14-16H,5-6,8-10H2,1-2H3,(H,22,26)(H,23,24)/t14-,15+,16+,20+/m0/s1. The molecule has 2 N–H and O–H groups in total. The molecule has 0 unspecified atom stereocenters. The van der Waals surface area contributed by atoms with Crippen molar-refractivity contribution in [3.05, 3.63) is 41.6 Å². The number of H-pyrrole nitrogens is 1. The number of hydrogen-bond donors (Lipinski definition) is 2. The lowest BCUT2D eigenvalue weighted by atomic mass is 9.73. The number of aromatic nitrogens is 3. The molecule has 5 heterocycles. The predicted octanol–water partition coefficient (Wildman–Crippen LogP) is 1.84. The van der Waals surface area contributed by atoms with E-state index in [1.165, 1.54) is 5.56 Å². The van der Waals surface area contributed by atoms with E-state index in [-0.39, 0.29) is 17.6 Å². The Labute approximate surface area is 158 Å². The number of imidazole rings is 1. The number of amides is 1. The molecule has 3 aliphatic heterocycles. The van der Waals surface area contributed by atoms with Crippen molar-refractivity contribution < 1.29 is 9.53 Å². The highest BCUT2D eigenvalue weighted by Gasteiger charge is 2.63. The number of aryl methyl sites for hydroxylation is 2. The number of fused-ring (bicyclic) bond motifs is 1. The third-order valence-corrected chi connectivity index (χ3v) is 6.55. The monoisotopic (exact) mass is 367 g/mol. The maximum Gasteiger partial charge on any atom is 0.271 e. The van der Waals surface area contributed by atoms with Crippen LogP contribution in [0.5, 0.6) is 0 Å². The minimum absolute atomic E-state index is 0.0745. The van der Waals surface area contributed by atoms with Gasteiger partial charge in [0.1, 0.15) is 11.5 Å². The number of rotatable bonds is 4.